The third kappa shape index (κ3) is 5.24. The number of fused-ring (bicyclic) bond motifs is 1. The molecule has 0 bridgehead atoms. The fourth-order valence-corrected chi connectivity index (χ4v) is 4.31. The van der Waals surface area contributed by atoms with Crippen molar-refractivity contribution in [3.8, 4) is 11.5 Å². The van der Waals surface area contributed by atoms with Crippen LogP contribution in [0.15, 0.2) is 59.2 Å². The quantitative estimate of drug-likeness (QED) is 0.512. The van der Waals surface area contributed by atoms with E-state index in [1.54, 1.807) is 0 Å². The van der Waals surface area contributed by atoms with Crippen LogP contribution in [0.1, 0.15) is 53.3 Å². The number of hydrogen-bond acceptors (Lipinski definition) is 7. The largest absolute Gasteiger partial charge is 0.454 e. The van der Waals surface area contributed by atoms with Crippen LogP contribution in [0, 0.1) is 0 Å². The molecular formula is C26H29N3O5. The minimum absolute atomic E-state index is 0.0826. The average Bonchev–Trinajstić information content (AvgIpc) is 3.64. The van der Waals surface area contributed by atoms with Gasteiger partial charge >= 0.3 is 0 Å². The monoisotopic (exact) mass is 463 g/mol. The van der Waals surface area contributed by atoms with E-state index < -0.39 is 0 Å². The van der Waals surface area contributed by atoms with Crippen LogP contribution in [0.4, 0.5) is 0 Å². The van der Waals surface area contributed by atoms with Crippen LogP contribution in [0.5, 0.6) is 11.5 Å². The molecule has 2 aliphatic heterocycles. The first kappa shape index (κ1) is 22.4. The molecule has 3 aromatic rings. The lowest BCUT2D eigenvalue weighted by atomic mass is 10.1. The Kier molecular flexibility index (Phi) is 6.78. The Bertz CT molecular complexity index is 1110. The molecule has 0 radical (unpaired) electrons. The van der Waals surface area contributed by atoms with E-state index in [2.05, 4.69) is 34.3 Å². The first-order valence-corrected chi connectivity index (χ1v) is 11.7. The van der Waals surface area contributed by atoms with Gasteiger partial charge in [-0.25, -0.2) is 4.98 Å². The zero-order chi connectivity index (χ0) is 23.3. The number of oxazole rings is 1. The molecule has 2 atom stereocenters. The predicted molar refractivity (Wildman–Crippen MR) is 124 cm³/mol. The van der Waals surface area contributed by atoms with Crippen LogP contribution >= 0.6 is 0 Å². The van der Waals surface area contributed by atoms with Crippen LogP contribution < -0.4 is 14.8 Å². The third-order valence-electron chi connectivity index (χ3n) is 6.29. The van der Waals surface area contributed by atoms with Crippen molar-refractivity contribution in [1.82, 2.24) is 15.2 Å². The van der Waals surface area contributed by atoms with Gasteiger partial charge in [0, 0.05) is 25.7 Å². The molecule has 0 spiro atoms. The number of nitrogens with zero attached hydrogens (tertiary/aromatic N) is 2. The number of rotatable bonds is 9. The van der Waals surface area contributed by atoms with Gasteiger partial charge in [0.15, 0.2) is 17.2 Å². The molecule has 0 aliphatic carbocycles. The van der Waals surface area contributed by atoms with Crippen molar-refractivity contribution in [2.45, 2.75) is 45.0 Å². The SMILES string of the molecule is CC(c1ccccc1)N(Cc1ccc2c(c1)OCO2)Cc1nc(C(=O)NCC2CCCO2)co1. The van der Waals surface area contributed by atoms with Gasteiger partial charge in [0.25, 0.3) is 5.91 Å². The zero-order valence-corrected chi connectivity index (χ0v) is 19.2. The molecule has 2 aliphatic rings. The number of nitrogens with one attached hydrogen (secondary N) is 1. The van der Waals surface area contributed by atoms with Crippen molar-refractivity contribution in [2.75, 3.05) is 19.9 Å². The molecule has 3 heterocycles. The highest BCUT2D eigenvalue weighted by Crippen LogP contribution is 2.34. The maximum Gasteiger partial charge on any atom is 0.273 e. The Balaban J connectivity index is 1.30. The Morgan fingerprint density at radius 1 is 1.15 bits per heavy atom. The Labute approximate surface area is 198 Å². The lowest BCUT2D eigenvalue weighted by Crippen LogP contribution is -2.32. The van der Waals surface area contributed by atoms with E-state index in [0.29, 0.717) is 25.5 Å². The van der Waals surface area contributed by atoms with Gasteiger partial charge in [-0.3, -0.25) is 9.69 Å². The third-order valence-corrected chi connectivity index (χ3v) is 6.29. The summed E-state index contributed by atoms with van der Waals surface area (Å²) < 4.78 is 22.3. The summed E-state index contributed by atoms with van der Waals surface area (Å²) >= 11 is 0. The van der Waals surface area contributed by atoms with E-state index in [1.807, 2.05) is 36.4 Å². The molecule has 1 amide bonds. The molecule has 8 heteroatoms. The molecule has 5 rings (SSSR count). The zero-order valence-electron chi connectivity index (χ0n) is 19.2. The number of carbonyl (C=O) groups excluding carboxylic acids is 1. The maximum absolute atomic E-state index is 12.5. The van der Waals surface area contributed by atoms with Gasteiger partial charge in [-0.1, -0.05) is 36.4 Å². The van der Waals surface area contributed by atoms with E-state index in [0.717, 1.165) is 36.5 Å². The minimum Gasteiger partial charge on any atom is -0.454 e. The van der Waals surface area contributed by atoms with Crippen molar-refractivity contribution in [3.63, 3.8) is 0 Å². The molecule has 1 saturated heterocycles. The lowest BCUT2D eigenvalue weighted by Gasteiger charge is -2.28. The highest BCUT2D eigenvalue weighted by Gasteiger charge is 2.23. The van der Waals surface area contributed by atoms with Crippen LogP contribution in [-0.2, 0) is 17.8 Å². The summed E-state index contributed by atoms with van der Waals surface area (Å²) in [5.74, 6) is 1.76. The second-order valence-corrected chi connectivity index (χ2v) is 8.65. The summed E-state index contributed by atoms with van der Waals surface area (Å²) in [6.45, 7) is 4.74. The maximum atomic E-state index is 12.5. The summed E-state index contributed by atoms with van der Waals surface area (Å²) in [6, 6.07) is 16.4. The predicted octanol–water partition coefficient (Wildman–Crippen LogP) is 4.08. The van der Waals surface area contributed by atoms with Crippen molar-refractivity contribution in [1.29, 1.82) is 0 Å². The number of hydrogen-bond donors (Lipinski definition) is 1. The highest BCUT2D eigenvalue weighted by molar-refractivity contribution is 5.91. The number of amides is 1. The van der Waals surface area contributed by atoms with Gasteiger partial charge in [-0.05, 0) is 43.0 Å². The first-order valence-electron chi connectivity index (χ1n) is 11.7. The highest BCUT2D eigenvalue weighted by atomic mass is 16.7. The molecule has 0 saturated carbocycles. The molecule has 2 unspecified atom stereocenters. The summed E-state index contributed by atoms with van der Waals surface area (Å²) in [5.41, 5.74) is 2.56. The molecule has 34 heavy (non-hydrogen) atoms. The Morgan fingerprint density at radius 2 is 2.00 bits per heavy atom. The number of aromatic nitrogens is 1. The normalized spacial score (nSPS) is 17.8. The molecule has 8 nitrogen and oxygen atoms in total. The van der Waals surface area contributed by atoms with E-state index >= 15 is 0 Å². The first-order chi connectivity index (χ1) is 16.7. The summed E-state index contributed by atoms with van der Waals surface area (Å²) in [6.07, 6.45) is 3.51. The van der Waals surface area contributed by atoms with Crippen molar-refractivity contribution in [3.05, 3.63) is 77.5 Å². The van der Waals surface area contributed by atoms with Gasteiger partial charge < -0.3 is 23.9 Å². The molecule has 2 aromatic carbocycles. The lowest BCUT2D eigenvalue weighted by molar-refractivity contribution is 0.0853. The molecule has 1 aromatic heterocycles. The number of carbonyl (C=O) groups is 1. The van der Waals surface area contributed by atoms with Gasteiger partial charge in [-0.15, -0.1) is 0 Å². The second kappa shape index (κ2) is 10.3. The molecular weight excluding hydrogens is 434 g/mol. The molecule has 178 valence electrons. The fraction of sp³-hybridized carbons (Fsp3) is 0.385. The topological polar surface area (TPSA) is 86.1 Å². The van der Waals surface area contributed by atoms with Crippen LogP contribution in [0.25, 0.3) is 0 Å². The Hall–Kier alpha value is -3.36. The molecule has 1 fully saturated rings. The van der Waals surface area contributed by atoms with E-state index in [-0.39, 0.29) is 30.5 Å². The standard InChI is InChI=1S/C26H29N3O5/c1-18(20-6-3-2-4-7-20)29(14-19-9-10-23-24(12-19)34-17-33-23)15-25-28-22(16-32-25)26(30)27-13-21-8-5-11-31-21/h2-4,6-7,9-10,12,16,18,21H,5,8,11,13-15,17H2,1H3,(H,27,30). The summed E-state index contributed by atoms with van der Waals surface area (Å²) in [4.78, 5) is 19.2. The molecule has 1 N–H and O–H groups in total. The van der Waals surface area contributed by atoms with Gasteiger partial charge in [0.1, 0.15) is 6.26 Å². The second-order valence-electron chi connectivity index (χ2n) is 8.65. The smallest absolute Gasteiger partial charge is 0.273 e. The van der Waals surface area contributed by atoms with E-state index in [4.69, 9.17) is 18.6 Å². The van der Waals surface area contributed by atoms with Gasteiger partial charge in [0.2, 0.25) is 12.7 Å². The van der Waals surface area contributed by atoms with Crippen molar-refractivity contribution in [2.24, 2.45) is 0 Å². The minimum atomic E-state index is -0.246. The van der Waals surface area contributed by atoms with Gasteiger partial charge in [0.05, 0.1) is 12.6 Å². The fourth-order valence-electron chi connectivity index (χ4n) is 4.31. The summed E-state index contributed by atoms with van der Waals surface area (Å²) in [5, 5.41) is 2.89. The van der Waals surface area contributed by atoms with E-state index in [1.165, 1.54) is 11.8 Å². The van der Waals surface area contributed by atoms with Crippen LogP contribution in [-0.4, -0.2) is 41.8 Å². The number of ether oxygens (including phenoxy) is 3. The van der Waals surface area contributed by atoms with Gasteiger partial charge in [-0.2, -0.15) is 0 Å². The number of benzene rings is 2. The van der Waals surface area contributed by atoms with E-state index in [9.17, 15) is 4.79 Å². The van der Waals surface area contributed by atoms with Crippen molar-refractivity contribution < 1.29 is 23.4 Å². The van der Waals surface area contributed by atoms with Crippen LogP contribution in [0.3, 0.4) is 0 Å². The summed E-state index contributed by atoms with van der Waals surface area (Å²) in [7, 11) is 0. The van der Waals surface area contributed by atoms with Crippen LogP contribution in [0.2, 0.25) is 0 Å². The average molecular weight is 464 g/mol. The Morgan fingerprint density at radius 3 is 2.82 bits per heavy atom. The van der Waals surface area contributed by atoms with Crippen molar-refractivity contribution >= 4 is 5.91 Å².